The molecule has 104 valence electrons. The van der Waals surface area contributed by atoms with Crippen molar-refractivity contribution < 1.29 is 9.90 Å². The number of fused-ring (bicyclic) bond motifs is 1. The quantitative estimate of drug-likeness (QED) is 0.756. The Hall–Kier alpha value is -2.61. The van der Waals surface area contributed by atoms with E-state index in [1.165, 1.54) is 5.56 Å². The second kappa shape index (κ2) is 5.41. The number of carboxylic acids is 1. The number of rotatable bonds is 3. The van der Waals surface area contributed by atoms with Crippen molar-refractivity contribution in [3.63, 3.8) is 0 Å². The van der Waals surface area contributed by atoms with Gasteiger partial charge in [-0.15, -0.1) is 0 Å². The van der Waals surface area contributed by atoms with Gasteiger partial charge in [0.25, 0.3) is 0 Å². The van der Waals surface area contributed by atoms with Crippen molar-refractivity contribution in [2.24, 2.45) is 0 Å². The molecule has 0 aromatic heterocycles. The van der Waals surface area contributed by atoms with Crippen LogP contribution in [0.25, 0.3) is 11.1 Å². The molecule has 1 atom stereocenters. The molecule has 0 saturated carbocycles. The van der Waals surface area contributed by atoms with Crippen LogP contribution in [0.15, 0.2) is 66.7 Å². The molecule has 0 heterocycles. The highest BCUT2D eigenvalue weighted by Gasteiger charge is 2.22. The molecule has 1 N–H and O–H groups in total. The molecule has 3 rings (SSSR count). The van der Waals surface area contributed by atoms with Crippen LogP contribution in [-0.4, -0.2) is 11.1 Å². The molecule has 0 saturated heterocycles. The first-order valence-electron chi connectivity index (χ1n) is 6.98. The first-order valence-corrected chi connectivity index (χ1v) is 6.98. The molecule has 0 spiro atoms. The second-order valence-corrected chi connectivity index (χ2v) is 5.19. The summed E-state index contributed by atoms with van der Waals surface area (Å²) in [5, 5.41) is 9.43. The van der Waals surface area contributed by atoms with Gasteiger partial charge in [0.1, 0.15) is 0 Å². The normalized spacial score (nSPS) is 12.2. The lowest BCUT2D eigenvalue weighted by Crippen LogP contribution is -1.95. The zero-order valence-corrected chi connectivity index (χ0v) is 11.8. The van der Waals surface area contributed by atoms with Crippen LogP contribution in [-0.2, 0) is 0 Å². The molecule has 2 heteroatoms. The van der Waals surface area contributed by atoms with Gasteiger partial charge in [-0.2, -0.15) is 0 Å². The second-order valence-electron chi connectivity index (χ2n) is 5.19. The highest BCUT2D eigenvalue weighted by Crippen LogP contribution is 2.38. The first-order chi connectivity index (χ1) is 10.2. The Labute approximate surface area is 124 Å². The third-order valence-electron chi connectivity index (χ3n) is 3.94. The summed E-state index contributed by atoms with van der Waals surface area (Å²) >= 11 is 0. The Bertz CT molecular complexity index is 747. The third-order valence-corrected chi connectivity index (χ3v) is 3.94. The fourth-order valence-corrected chi connectivity index (χ4v) is 2.80. The Morgan fingerprint density at radius 2 is 1.48 bits per heavy atom. The minimum absolute atomic E-state index is 0.157. The maximum atomic E-state index is 11.5. The number of carboxylic acid groups (broad SMARTS) is 1. The molecule has 0 unspecified atom stereocenters. The summed E-state index contributed by atoms with van der Waals surface area (Å²) in [5.41, 5.74) is 4.43. The van der Waals surface area contributed by atoms with Gasteiger partial charge in [0.2, 0.25) is 0 Å². The third kappa shape index (κ3) is 2.40. The fourth-order valence-electron chi connectivity index (χ4n) is 2.80. The minimum atomic E-state index is -0.877. The summed E-state index contributed by atoms with van der Waals surface area (Å²) in [6.07, 6.45) is 0. The zero-order chi connectivity index (χ0) is 14.8. The van der Waals surface area contributed by atoms with Crippen molar-refractivity contribution in [1.82, 2.24) is 0 Å². The monoisotopic (exact) mass is 276 g/mol. The van der Waals surface area contributed by atoms with Crippen molar-refractivity contribution in [3.8, 4) is 11.1 Å². The number of carbonyl (C=O) groups is 1. The van der Waals surface area contributed by atoms with Crippen molar-refractivity contribution in [3.05, 3.63) is 83.4 Å². The minimum Gasteiger partial charge on any atom is -0.478 e. The molecular formula is C19H16O2. The van der Waals surface area contributed by atoms with Gasteiger partial charge in [0.15, 0.2) is 0 Å². The largest absolute Gasteiger partial charge is 0.478 e. The van der Waals surface area contributed by atoms with Gasteiger partial charge >= 0.3 is 5.97 Å². The molecule has 0 amide bonds. The molecule has 0 bridgehead atoms. The summed E-state index contributed by atoms with van der Waals surface area (Å²) in [7, 11) is 0. The van der Waals surface area contributed by atoms with E-state index in [1.54, 1.807) is 0 Å². The standard InChI is InChI=1S/C19H16O2/c1-13(14-8-4-2-5-9-14)17-12-18(19(20)21)16-11-7-3-6-10-15(16)17/h2-13H,1H3,(H,20,21)/t13-/m1/s1. The van der Waals surface area contributed by atoms with Crippen molar-refractivity contribution in [1.29, 1.82) is 0 Å². The molecule has 0 aliphatic heterocycles. The van der Waals surface area contributed by atoms with Crippen LogP contribution in [0.5, 0.6) is 0 Å². The molecule has 0 fully saturated rings. The van der Waals surface area contributed by atoms with Gasteiger partial charge in [-0.05, 0) is 28.3 Å². The number of hydrogen-bond acceptors (Lipinski definition) is 1. The Balaban J connectivity index is 2.18. The van der Waals surface area contributed by atoms with Gasteiger partial charge in [-0.3, -0.25) is 0 Å². The number of benzene rings is 1. The highest BCUT2D eigenvalue weighted by atomic mass is 16.4. The lowest BCUT2D eigenvalue weighted by atomic mass is 9.92. The fraction of sp³-hybridized carbons (Fsp3) is 0.105. The summed E-state index contributed by atoms with van der Waals surface area (Å²) in [4.78, 5) is 11.5. The molecule has 2 aliphatic carbocycles. The summed E-state index contributed by atoms with van der Waals surface area (Å²) in [6, 6.07) is 21.6. The Morgan fingerprint density at radius 1 is 0.905 bits per heavy atom. The van der Waals surface area contributed by atoms with E-state index in [2.05, 4.69) is 19.1 Å². The van der Waals surface area contributed by atoms with Gasteiger partial charge in [0, 0.05) is 5.92 Å². The Kier molecular flexibility index (Phi) is 3.44. The van der Waals surface area contributed by atoms with Crippen LogP contribution in [0.2, 0.25) is 0 Å². The van der Waals surface area contributed by atoms with Crippen molar-refractivity contribution >= 4 is 5.97 Å². The van der Waals surface area contributed by atoms with Crippen LogP contribution in [0, 0.1) is 0 Å². The van der Waals surface area contributed by atoms with Gasteiger partial charge in [-0.25, -0.2) is 4.79 Å². The van der Waals surface area contributed by atoms with Crippen LogP contribution in [0.1, 0.15) is 34.3 Å². The zero-order valence-electron chi connectivity index (χ0n) is 11.8. The van der Waals surface area contributed by atoms with E-state index in [0.717, 1.165) is 16.7 Å². The maximum Gasteiger partial charge on any atom is 0.336 e. The molecule has 1 aromatic rings. The van der Waals surface area contributed by atoms with E-state index in [0.29, 0.717) is 5.56 Å². The summed E-state index contributed by atoms with van der Waals surface area (Å²) < 4.78 is 0. The molecule has 21 heavy (non-hydrogen) atoms. The topological polar surface area (TPSA) is 37.3 Å². The van der Waals surface area contributed by atoms with E-state index >= 15 is 0 Å². The van der Waals surface area contributed by atoms with Crippen LogP contribution < -0.4 is 0 Å². The van der Waals surface area contributed by atoms with Crippen molar-refractivity contribution in [2.45, 2.75) is 12.8 Å². The summed E-state index contributed by atoms with van der Waals surface area (Å²) in [6.45, 7) is 2.11. The van der Waals surface area contributed by atoms with E-state index in [4.69, 9.17) is 0 Å². The van der Waals surface area contributed by atoms with Crippen LogP contribution >= 0.6 is 0 Å². The van der Waals surface area contributed by atoms with E-state index in [-0.39, 0.29) is 5.92 Å². The highest BCUT2D eigenvalue weighted by molar-refractivity contribution is 5.99. The predicted molar refractivity (Wildman–Crippen MR) is 84.0 cm³/mol. The van der Waals surface area contributed by atoms with E-state index < -0.39 is 5.97 Å². The lowest BCUT2D eigenvalue weighted by Gasteiger charge is -2.12. The SMILES string of the molecule is C[C@H](c1ccccc1)c1cc(C(=O)O)c2cccccc1-2. The van der Waals surface area contributed by atoms with Gasteiger partial charge in [0.05, 0.1) is 5.56 Å². The molecule has 0 radical (unpaired) electrons. The van der Waals surface area contributed by atoms with Gasteiger partial charge in [-0.1, -0.05) is 67.6 Å². The van der Waals surface area contributed by atoms with Gasteiger partial charge < -0.3 is 5.11 Å². The molecule has 1 aromatic carbocycles. The lowest BCUT2D eigenvalue weighted by molar-refractivity contribution is 0.0698. The maximum absolute atomic E-state index is 11.5. The molecule has 2 aliphatic rings. The van der Waals surface area contributed by atoms with Crippen molar-refractivity contribution in [2.75, 3.05) is 0 Å². The number of aromatic carboxylic acids is 1. The summed E-state index contributed by atoms with van der Waals surface area (Å²) in [5.74, 6) is -0.720. The molecular weight excluding hydrogens is 260 g/mol. The van der Waals surface area contributed by atoms with Crippen LogP contribution in [0.4, 0.5) is 0 Å². The van der Waals surface area contributed by atoms with E-state index in [9.17, 15) is 9.90 Å². The average molecular weight is 276 g/mol. The molecule has 2 nitrogen and oxygen atoms in total. The predicted octanol–water partition coefficient (Wildman–Crippen LogP) is 4.64. The average Bonchev–Trinajstić information content (AvgIpc) is 2.69. The van der Waals surface area contributed by atoms with E-state index in [1.807, 2.05) is 54.6 Å². The number of hydrogen-bond donors (Lipinski definition) is 1. The van der Waals surface area contributed by atoms with Crippen LogP contribution in [0.3, 0.4) is 0 Å². The Morgan fingerprint density at radius 3 is 2.10 bits per heavy atom. The first kappa shape index (κ1) is 13.4. The smallest absolute Gasteiger partial charge is 0.336 e.